The SMILES string of the molecule is Cc1ccc(N(c2ccc(C(C)(c3ccc(OCc4ccco4)cc3)c3ccc(OCc4ccco4)cc3)cc2)c2ccc3c(c2)C(C)(C)c2ccccc2-3)cc1. The first-order chi connectivity index (χ1) is 27.8. The molecule has 0 aliphatic heterocycles. The Labute approximate surface area is 334 Å². The lowest BCUT2D eigenvalue weighted by atomic mass is 9.71. The first kappa shape index (κ1) is 35.9. The largest absolute Gasteiger partial charge is 0.486 e. The fourth-order valence-corrected chi connectivity index (χ4v) is 8.28. The zero-order valence-electron chi connectivity index (χ0n) is 32.7. The molecule has 5 heteroatoms. The van der Waals surface area contributed by atoms with E-state index >= 15 is 0 Å². The third kappa shape index (κ3) is 6.80. The number of fused-ring (bicyclic) bond motifs is 3. The van der Waals surface area contributed by atoms with E-state index in [0.717, 1.165) is 56.8 Å². The third-order valence-corrected chi connectivity index (χ3v) is 11.6. The number of rotatable bonds is 12. The quantitative estimate of drug-likeness (QED) is 0.116. The summed E-state index contributed by atoms with van der Waals surface area (Å²) in [4.78, 5) is 2.37. The van der Waals surface area contributed by atoms with Crippen LogP contribution in [0.1, 0.15) is 65.7 Å². The number of ether oxygens (including phenoxy) is 2. The standard InChI is InChI=1S/C52H45NO4/c1-36-13-21-40(22-14-36)53(42-25-30-48-47-11-5-6-12-49(47)51(2,3)50(48)33-42)41-23-15-37(16-24-41)52(4,38-17-26-43(27-18-38)56-34-45-9-7-31-54-45)39-19-28-44(29-20-39)57-35-46-10-8-32-55-46/h5-33H,34-35H2,1-4H3. The van der Waals surface area contributed by atoms with Crippen molar-refractivity contribution in [3.05, 3.63) is 221 Å². The van der Waals surface area contributed by atoms with Gasteiger partial charge in [0.1, 0.15) is 36.2 Å². The van der Waals surface area contributed by atoms with Gasteiger partial charge in [-0.25, -0.2) is 0 Å². The summed E-state index contributed by atoms with van der Waals surface area (Å²) in [5.74, 6) is 3.13. The number of benzene rings is 6. The third-order valence-electron chi connectivity index (χ3n) is 11.6. The van der Waals surface area contributed by atoms with E-state index in [-0.39, 0.29) is 5.41 Å². The molecule has 0 N–H and O–H groups in total. The molecule has 0 bridgehead atoms. The fourth-order valence-electron chi connectivity index (χ4n) is 8.28. The first-order valence-electron chi connectivity index (χ1n) is 19.5. The topological polar surface area (TPSA) is 48.0 Å². The average molecular weight is 748 g/mol. The lowest BCUT2D eigenvalue weighted by Gasteiger charge is -2.33. The van der Waals surface area contributed by atoms with Gasteiger partial charge in [-0.15, -0.1) is 0 Å². The minimum Gasteiger partial charge on any atom is -0.486 e. The summed E-state index contributed by atoms with van der Waals surface area (Å²) in [7, 11) is 0. The number of nitrogens with zero attached hydrogens (tertiary/aromatic N) is 1. The van der Waals surface area contributed by atoms with Gasteiger partial charge >= 0.3 is 0 Å². The van der Waals surface area contributed by atoms with Crippen LogP contribution in [0.5, 0.6) is 11.5 Å². The van der Waals surface area contributed by atoms with Crippen molar-refractivity contribution in [3.8, 4) is 22.6 Å². The molecule has 1 aliphatic carbocycles. The van der Waals surface area contributed by atoms with Crippen LogP contribution in [-0.4, -0.2) is 0 Å². The van der Waals surface area contributed by atoms with Crippen molar-refractivity contribution >= 4 is 17.1 Å². The summed E-state index contributed by atoms with van der Waals surface area (Å²) in [5, 5.41) is 0. The van der Waals surface area contributed by atoms with E-state index in [1.807, 2.05) is 48.5 Å². The Morgan fingerprint density at radius 1 is 0.509 bits per heavy atom. The van der Waals surface area contributed by atoms with E-state index < -0.39 is 5.41 Å². The first-order valence-corrected chi connectivity index (χ1v) is 19.5. The highest BCUT2D eigenvalue weighted by Crippen LogP contribution is 2.51. The van der Waals surface area contributed by atoms with E-state index in [1.165, 1.54) is 27.8 Å². The van der Waals surface area contributed by atoms with Gasteiger partial charge in [0.25, 0.3) is 0 Å². The molecule has 0 saturated heterocycles. The van der Waals surface area contributed by atoms with E-state index in [4.69, 9.17) is 18.3 Å². The Balaban J connectivity index is 1.09. The summed E-state index contributed by atoms with van der Waals surface area (Å²) >= 11 is 0. The van der Waals surface area contributed by atoms with E-state index in [2.05, 4.69) is 148 Å². The Kier molecular flexibility index (Phi) is 9.30. The Morgan fingerprint density at radius 3 is 1.51 bits per heavy atom. The minimum absolute atomic E-state index is 0.106. The maximum absolute atomic E-state index is 6.07. The van der Waals surface area contributed by atoms with Crippen molar-refractivity contribution in [2.24, 2.45) is 0 Å². The van der Waals surface area contributed by atoms with E-state index in [1.54, 1.807) is 12.5 Å². The van der Waals surface area contributed by atoms with Crippen molar-refractivity contribution < 1.29 is 18.3 Å². The zero-order chi connectivity index (χ0) is 39.0. The number of hydrogen-bond donors (Lipinski definition) is 0. The molecule has 0 radical (unpaired) electrons. The maximum atomic E-state index is 6.07. The minimum atomic E-state index is -0.504. The second-order valence-corrected chi connectivity index (χ2v) is 15.5. The predicted molar refractivity (Wildman–Crippen MR) is 228 cm³/mol. The normalized spacial score (nSPS) is 12.8. The molecule has 2 aromatic heterocycles. The molecular formula is C52H45NO4. The van der Waals surface area contributed by atoms with Gasteiger partial charge in [-0.2, -0.15) is 0 Å². The molecule has 2 heterocycles. The molecule has 0 atom stereocenters. The van der Waals surface area contributed by atoms with Crippen molar-refractivity contribution in [2.75, 3.05) is 4.90 Å². The van der Waals surface area contributed by atoms with Crippen molar-refractivity contribution in [1.82, 2.24) is 0 Å². The Hall–Kier alpha value is -6.72. The summed E-state index contributed by atoms with van der Waals surface area (Å²) in [5.41, 5.74) is 12.7. The van der Waals surface area contributed by atoms with Gasteiger partial charge in [0, 0.05) is 27.9 Å². The molecule has 5 nitrogen and oxygen atoms in total. The van der Waals surface area contributed by atoms with E-state index in [0.29, 0.717) is 13.2 Å². The molecule has 6 aromatic carbocycles. The smallest absolute Gasteiger partial charge is 0.146 e. The maximum Gasteiger partial charge on any atom is 0.146 e. The summed E-state index contributed by atoms with van der Waals surface area (Å²) < 4.78 is 23.1. The van der Waals surface area contributed by atoms with Gasteiger partial charge in [-0.05, 0) is 138 Å². The number of anilines is 3. The number of furan rings is 2. The van der Waals surface area contributed by atoms with Crippen LogP contribution in [-0.2, 0) is 24.0 Å². The molecule has 0 unspecified atom stereocenters. The predicted octanol–water partition coefficient (Wildman–Crippen LogP) is 13.5. The van der Waals surface area contributed by atoms with Crippen LogP contribution in [0.4, 0.5) is 17.1 Å². The molecular weight excluding hydrogens is 703 g/mol. The molecule has 0 fully saturated rings. The van der Waals surface area contributed by atoms with Gasteiger partial charge in [-0.3, -0.25) is 0 Å². The summed E-state index contributed by atoms with van der Waals surface area (Å²) in [6.07, 6.45) is 3.33. The average Bonchev–Trinajstić information content (AvgIpc) is 4.02. The highest BCUT2D eigenvalue weighted by Gasteiger charge is 2.36. The van der Waals surface area contributed by atoms with Gasteiger partial charge in [0.05, 0.1) is 12.5 Å². The van der Waals surface area contributed by atoms with Crippen molar-refractivity contribution in [2.45, 2.75) is 51.7 Å². The molecule has 1 aliphatic rings. The van der Waals surface area contributed by atoms with Crippen molar-refractivity contribution in [3.63, 3.8) is 0 Å². The number of aryl methyl sites for hydroxylation is 1. The van der Waals surface area contributed by atoms with E-state index in [9.17, 15) is 0 Å². The van der Waals surface area contributed by atoms with Crippen LogP contribution in [0.15, 0.2) is 185 Å². The van der Waals surface area contributed by atoms with Crippen LogP contribution >= 0.6 is 0 Å². The zero-order valence-corrected chi connectivity index (χ0v) is 32.7. The lowest BCUT2D eigenvalue weighted by Crippen LogP contribution is -2.25. The van der Waals surface area contributed by atoms with Crippen LogP contribution in [0.3, 0.4) is 0 Å². The van der Waals surface area contributed by atoms with Gasteiger partial charge < -0.3 is 23.2 Å². The molecule has 282 valence electrons. The Morgan fingerprint density at radius 2 is 0.982 bits per heavy atom. The fraction of sp³-hybridized carbons (Fsp3) is 0.154. The highest BCUT2D eigenvalue weighted by molar-refractivity contribution is 5.85. The lowest BCUT2D eigenvalue weighted by molar-refractivity contribution is 0.270. The molecule has 57 heavy (non-hydrogen) atoms. The van der Waals surface area contributed by atoms with Gasteiger partial charge in [0.15, 0.2) is 0 Å². The van der Waals surface area contributed by atoms with Crippen LogP contribution in [0, 0.1) is 6.92 Å². The second kappa shape index (κ2) is 14.7. The molecule has 8 aromatic rings. The molecule has 0 spiro atoms. The number of hydrogen-bond acceptors (Lipinski definition) is 5. The highest BCUT2D eigenvalue weighted by atomic mass is 16.5. The van der Waals surface area contributed by atoms with Crippen LogP contribution in [0.25, 0.3) is 11.1 Å². The Bertz CT molecular complexity index is 2500. The van der Waals surface area contributed by atoms with Crippen LogP contribution in [0.2, 0.25) is 0 Å². The van der Waals surface area contributed by atoms with Crippen LogP contribution < -0.4 is 14.4 Å². The molecule has 9 rings (SSSR count). The van der Waals surface area contributed by atoms with Crippen molar-refractivity contribution in [1.29, 1.82) is 0 Å². The molecule has 0 amide bonds. The summed E-state index contributed by atoms with van der Waals surface area (Å²) in [6.45, 7) is 9.84. The monoisotopic (exact) mass is 747 g/mol. The van der Waals surface area contributed by atoms with Gasteiger partial charge in [0.2, 0.25) is 0 Å². The summed E-state index contributed by atoms with van der Waals surface area (Å²) in [6, 6.07) is 58.0. The van der Waals surface area contributed by atoms with Gasteiger partial charge in [-0.1, -0.05) is 98.3 Å². The molecule has 0 saturated carbocycles. The second-order valence-electron chi connectivity index (χ2n) is 15.5.